The fourth-order valence-electron chi connectivity index (χ4n) is 7.54. The summed E-state index contributed by atoms with van der Waals surface area (Å²) in [5, 5.41) is 8.77. The Balaban J connectivity index is 1.23. The molecule has 12 heteroatoms. The second kappa shape index (κ2) is 18.6. The number of unbranched alkanes of at least 4 members (excludes halogenated alkanes) is 1. The van der Waals surface area contributed by atoms with Crippen LogP contribution in [0.1, 0.15) is 76.3 Å². The molecule has 3 fully saturated rings. The summed E-state index contributed by atoms with van der Waals surface area (Å²) in [6, 6.07) is 15.2. The van der Waals surface area contributed by atoms with Gasteiger partial charge in [0, 0.05) is 43.9 Å². The Morgan fingerprint density at radius 1 is 0.736 bits per heavy atom. The van der Waals surface area contributed by atoms with E-state index >= 15 is 0 Å². The first kappa shape index (κ1) is 39.9. The number of carbonyl (C=O) groups is 5. The molecule has 53 heavy (non-hydrogen) atoms. The van der Waals surface area contributed by atoms with E-state index in [1.165, 1.54) is 0 Å². The van der Waals surface area contributed by atoms with Crippen LogP contribution in [0.5, 0.6) is 0 Å². The topological polar surface area (TPSA) is 180 Å². The first-order chi connectivity index (χ1) is 25.5. The molecule has 1 unspecified atom stereocenters. The number of piperidine rings is 1. The Kier molecular flexibility index (Phi) is 14.0. The van der Waals surface area contributed by atoms with Crippen LogP contribution in [-0.4, -0.2) is 96.2 Å². The van der Waals surface area contributed by atoms with Crippen molar-refractivity contribution in [2.24, 2.45) is 28.7 Å². The minimum atomic E-state index is -0.987. The average molecular weight is 730 g/mol. The molecule has 0 aromatic heterocycles. The van der Waals surface area contributed by atoms with Crippen molar-refractivity contribution in [2.45, 2.75) is 102 Å². The number of hydrogen-bond donors (Lipinski definition) is 5. The molecule has 3 aliphatic rings. The molecule has 1 aliphatic carbocycles. The maximum atomic E-state index is 14.0. The highest BCUT2D eigenvalue weighted by atomic mass is 16.2. The largest absolute Gasteiger partial charge is 0.343 e. The fourth-order valence-corrected chi connectivity index (χ4v) is 7.54. The van der Waals surface area contributed by atoms with E-state index in [1.54, 1.807) is 0 Å². The van der Waals surface area contributed by atoms with Gasteiger partial charge in [0.1, 0.15) is 18.1 Å². The standard InChI is InChI=1S/C41H59N7O5/c1-28(2)23-34(46-38(51)35(25-30-13-7-4-8-14-30)45-36(49)32(43)24-29-11-5-3-6-12-29)37(50)44-33(15-9-10-20-42)40(53)48-26-41(27-48)18-21-47(22-19-41)39(52)31-16-17-31/h3-8,11-14,28,31-35H,9-10,15-27,42-43H2,1-2H3,(H,44,50)(H,45,49)(H,46,51)/t32?,33-,34-,35-/m1/s1. The van der Waals surface area contributed by atoms with Crippen LogP contribution in [0.4, 0.5) is 0 Å². The van der Waals surface area contributed by atoms with E-state index in [0.717, 1.165) is 49.9 Å². The van der Waals surface area contributed by atoms with Crippen molar-refractivity contribution in [1.82, 2.24) is 25.8 Å². The predicted octanol–water partition coefficient (Wildman–Crippen LogP) is 2.29. The van der Waals surface area contributed by atoms with E-state index in [9.17, 15) is 24.0 Å². The van der Waals surface area contributed by atoms with Crippen LogP contribution in [0, 0.1) is 17.3 Å². The number of nitrogens with zero attached hydrogens (tertiary/aromatic N) is 2. The quantitative estimate of drug-likeness (QED) is 0.146. The van der Waals surface area contributed by atoms with Crippen LogP contribution in [0.2, 0.25) is 0 Å². The first-order valence-electron chi connectivity index (χ1n) is 19.5. The number of likely N-dealkylation sites (tertiary alicyclic amines) is 2. The van der Waals surface area contributed by atoms with Gasteiger partial charge in [-0.1, -0.05) is 74.5 Å². The Hall–Kier alpha value is -4.29. The number of hydrogen-bond acceptors (Lipinski definition) is 7. The molecule has 0 bridgehead atoms. The number of nitrogens with two attached hydrogens (primary N) is 2. The molecular weight excluding hydrogens is 670 g/mol. The monoisotopic (exact) mass is 729 g/mol. The number of nitrogens with one attached hydrogen (secondary N) is 3. The molecule has 1 spiro atoms. The van der Waals surface area contributed by atoms with Gasteiger partial charge in [-0.15, -0.1) is 0 Å². The summed E-state index contributed by atoms with van der Waals surface area (Å²) >= 11 is 0. The van der Waals surface area contributed by atoms with Crippen molar-refractivity contribution in [3.8, 4) is 0 Å². The minimum absolute atomic E-state index is 0.0117. The fraction of sp³-hybridized carbons (Fsp3) is 0.585. The van der Waals surface area contributed by atoms with E-state index in [-0.39, 0.29) is 35.5 Å². The molecule has 2 heterocycles. The molecule has 2 aliphatic heterocycles. The van der Waals surface area contributed by atoms with Crippen LogP contribution in [0.25, 0.3) is 0 Å². The van der Waals surface area contributed by atoms with Gasteiger partial charge in [0.05, 0.1) is 6.04 Å². The Morgan fingerprint density at radius 3 is 1.85 bits per heavy atom. The van der Waals surface area contributed by atoms with Gasteiger partial charge in [0.25, 0.3) is 0 Å². The maximum Gasteiger partial charge on any atom is 0.245 e. The lowest BCUT2D eigenvalue weighted by molar-refractivity contribution is -0.153. The molecule has 1 saturated carbocycles. The lowest BCUT2D eigenvalue weighted by Crippen LogP contribution is -2.65. The van der Waals surface area contributed by atoms with Gasteiger partial charge in [-0.3, -0.25) is 24.0 Å². The molecule has 2 aromatic carbocycles. The number of benzene rings is 2. The summed E-state index contributed by atoms with van der Waals surface area (Å²) in [4.78, 5) is 71.6. The lowest BCUT2D eigenvalue weighted by Gasteiger charge is -2.54. The van der Waals surface area contributed by atoms with Crippen molar-refractivity contribution in [1.29, 1.82) is 0 Å². The van der Waals surface area contributed by atoms with E-state index < -0.39 is 41.9 Å². The normalized spacial score (nSPS) is 18.7. The molecule has 5 rings (SSSR count). The molecule has 288 valence electrons. The van der Waals surface area contributed by atoms with Crippen molar-refractivity contribution in [3.05, 3.63) is 71.8 Å². The third kappa shape index (κ3) is 11.4. The van der Waals surface area contributed by atoms with Gasteiger partial charge in [-0.2, -0.15) is 0 Å². The third-order valence-corrected chi connectivity index (χ3v) is 10.9. The molecule has 7 N–H and O–H groups in total. The van der Waals surface area contributed by atoms with Crippen LogP contribution in [0.3, 0.4) is 0 Å². The second-order valence-corrected chi connectivity index (χ2v) is 15.9. The third-order valence-electron chi connectivity index (χ3n) is 10.9. The SMILES string of the molecule is CC(C)C[C@@H](NC(=O)[C@@H](Cc1ccccc1)NC(=O)C(N)Cc1ccccc1)C(=O)N[C@H](CCCCN)C(=O)N1CC2(CCN(C(=O)C3CC3)CC2)C1. The summed E-state index contributed by atoms with van der Waals surface area (Å²) in [7, 11) is 0. The van der Waals surface area contributed by atoms with E-state index in [4.69, 9.17) is 11.5 Å². The van der Waals surface area contributed by atoms with Crippen LogP contribution in [0.15, 0.2) is 60.7 Å². The van der Waals surface area contributed by atoms with Crippen LogP contribution < -0.4 is 27.4 Å². The van der Waals surface area contributed by atoms with E-state index in [0.29, 0.717) is 51.7 Å². The van der Waals surface area contributed by atoms with Gasteiger partial charge in [-0.25, -0.2) is 0 Å². The van der Waals surface area contributed by atoms with Gasteiger partial charge in [0.2, 0.25) is 29.5 Å². The Bertz CT molecular complexity index is 1530. The lowest BCUT2D eigenvalue weighted by atomic mass is 9.71. The van der Waals surface area contributed by atoms with Crippen LogP contribution in [-0.2, 0) is 36.8 Å². The second-order valence-electron chi connectivity index (χ2n) is 15.9. The first-order valence-corrected chi connectivity index (χ1v) is 19.5. The van der Waals surface area contributed by atoms with Crippen molar-refractivity contribution in [2.75, 3.05) is 32.7 Å². The Morgan fingerprint density at radius 2 is 1.28 bits per heavy atom. The molecule has 2 saturated heterocycles. The molecule has 5 amide bonds. The summed E-state index contributed by atoms with van der Waals surface area (Å²) in [5.41, 5.74) is 13.8. The van der Waals surface area contributed by atoms with E-state index in [1.807, 2.05) is 84.3 Å². The zero-order valence-electron chi connectivity index (χ0n) is 31.4. The summed E-state index contributed by atoms with van der Waals surface area (Å²) in [6.07, 6.45) is 6.41. The average Bonchev–Trinajstić information content (AvgIpc) is 3.99. The maximum absolute atomic E-state index is 14.0. The van der Waals surface area contributed by atoms with Crippen molar-refractivity contribution < 1.29 is 24.0 Å². The van der Waals surface area contributed by atoms with Crippen molar-refractivity contribution in [3.63, 3.8) is 0 Å². The van der Waals surface area contributed by atoms with Crippen LogP contribution >= 0.6 is 0 Å². The summed E-state index contributed by atoms with van der Waals surface area (Å²) in [6.45, 7) is 7.09. The summed E-state index contributed by atoms with van der Waals surface area (Å²) in [5.74, 6) is -1.00. The zero-order valence-corrected chi connectivity index (χ0v) is 31.4. The minimum Gasteiger partial charge on any atom is -0.343 e. The highest BCUT2D eigenvalue weighted by molar-refractivity contribution is 5.95. The molecular formula is C41H59N7O5. The number of carbonyl (C=O) groups excluding carboxylic acids is 5. The summed E-state index contributed by atoms with van der Waals surface area (Å²) < 4.78 is 0. The van der Waals surface area contributed by atoms with Gasteiger partial charge in [0.15, 0.2) is 0 Å². The van der Waals surface area contributed by atoms with E-state index in [2.05, 4.69) is 16.0 Å². The predicted molar refractivity (Wildman–Crippen MR) is 204 cm³/mol. The Labute approximate surface area is 314 Å². The highest BCUT2D eigenvalue weighted by Crippen LogP contribution is 2.42. The highest BCUT2D eigenvalue weighted by Gasteiger charge is 2.49. The number of amides is 5. The van der Waals surface area contributed by atoms with Gasteiger partial charge in [-0.05, 0) is 81.4 Å². The molecule has 4 atom stereocenters. The number of rotatable bonds is 18. The molecule has 2 aromatic rings. The van der Waals surface area contributed by atoms with Crippen molar-refractivity contribution >= 4 is 29.5 Å². The molecule has 12 nitrogen and oxygen atoms in total. The van der Waals surface area contributed by atoms with Gasteiger partial charge >= 0.3 is 0 Å². The zero-order chi connectivity index (χ0) is 38.0. The van der Waals surface area contributed by atoms with Gasteiger partial charge < -0.3 is 37.2 Å². The smallest absolute Gasteiger partial charge is 0.245 e. The molecule has 0 radical (unpaired) electrons.